The van der Waals surface area contributed by atoms with E-state index < -0.39 is 6.09 Å². The summed E-state index contributed by atoms with van der Waals surface area (Å²) in [4.78, 5) is 37.7. The lowest BCUT2D eigenvalue weighted by atomic mass is 10.0. The Morgan fingerprint density at radius 2 is 2.09 bits per heavy atom. The number of ether oxygens (including phenoxy) is 1. The quantitative estimate of drug-likeness (QED) is 0.728. The molecule has 0 fully saturated rings. The van der Waals surface area contributed by atoms with Gasteiger partial charge in [-0.1, -0.05) is 6.92 Å². The lowest BCUT2D eigenvalue weighted by Gasteiger charge is -2.16. The molecule has 1 aromatic heterocycles. The van der Waals surface area contributed by atoms with E-state index in [0.29, 0.717) is 18.5 Å². The number of esters is 1. The Balaban J connectivity index is 2.42. The van der Waals surface area contributed by atoms with Gasteiger partial charge in [0.25, 0.3) is 0 Å². The number of amides is 1. The van der Waals surface area contributed by atoms with E-state index in [9.17, 15) is 14.4 Å². The topological polar surface area (TPSA) is 111 Å². The number of hydrogen-bond acceptors (Lipinski definition) is 5. The number of methoxy groups -OCH3 is 1. The SMILES string of the molecule is COC(=O)CCC(C)C(=O)N[C@H](C)Cc1cn(C(=O)O)cn1. The van der Waals surface area contributed by atoms with Crippen molar-refractivity contribution in [1.29, 1.82) is 0 Å². The number of carbonyl (C=O) groups excluding carboxylic acids is 2. The predicted octanol–water partition coefficient (Wildman–Crippen LogP) is 1.05. The van der Waals surface area contributed by atoms with Crippen molar-refractivity contribution in [3.63, 3.8) is 0 Å². The second kappa shape index (κ2) is 8.16. The second-order valence-corrected chi connectivity index (χ2v) is 5.18. The van der Waals surface area contributed by atoms with Gasteiger partial charge in [0.2, 0.25) is 5.91 Å². The Kier molecular flexibility index (Phi) is 6.55. The standard InChI is InChI=1S/C14H21N3O5/c1-9(4-5-12(18)22-3)13(19)16-10(2)6-11-7-17(8-15-11)14(20)21/h7-10H,4-6H2,1-3H3,(H,16,19)(H,20,21)/t9?,10-/m1/s1. The van der Waals surface area contributed by atoms with E-state index in [2.05, 4.69) is 15.0 Å². The highest BCUT2D eigenvalue weighted by molar-refractivity contribution is 5.79. The van der Waals surface area contributed by atoms with Gasteiger partial charge in [0, 0.05) is 31.0 Å². The van der Waals surface area contributed by atoms with E-state index in [-0.39, 0.29) is 30.3 Å². The molecule has 22 heavy (non-hydrogen) atoms. The Bertz CT molecular complexity index is 540. The molecule has 0 saturated carbocycles. The zero-order valence-electron chi connectivity index (χ0n) is 12.9. The fourth-order valence-corrected chi connectivity index (χ4v) is 1.89. The molecule has 0 spiro atoms. The molecule has 1 rings (SSSR count). The Hall–Kier alpha value is -2.38. The van der Waals surface area contributed by atoms with Gasteiger partial charge in [-0.25, -0.2) is 14.3 Å². The van der Waals surface area contributed by atoms with E-state index in [1.807, 2.05) is 6.92 Å². The van der Waals surface area contributed by atoms with Gasteiger partial charge >= 0.3 is 12.1 Å². The van der Waals surface area contributed by atoms with Crippen molar-refractivity contribution in [2.75, 3.05) is 7.11 Å². The molecule has 0 radical (unpaired) electrons. The summed E-state index contributed by atoms with van der Waals surface area (Å²) < 4.78 is 5.49. The van der Waals surface area contributed by atoms with Crippen LogP contribution in [0.3, 0.4) is 0 Å². The molecular weight excluding hydrogens is 290 g/mol. The molecule has 2 N–H and O–H groups in total. The zero-order chi connectivity index (χ0) is 16.7. The number of imidazole rings is 1. The molecule has 0 saturated heterocycles. The molecule has 2 atom stereocenters. The van der Waals surface area contributed by atoms with Crippen molar-refractivity contribution in [1.82, 2.24) is 14.9 Å². The highest BCUT2D eigenvalue weighted by Crippen LogP contribution is 2.08. The molecular formula is C14H21N3O5. The van der Waals surface area contributed by atoms with Crippen LogP contribution in [0.25, 0.3) is 0 Å². The van der Waals surface area contributed by atoms with Crippen molar-refractivity contribution in [3.8, 4) is 0 Å². The third-order valence-electron chi connectivity index (χ3n) is 3.22. The van der Waals surface area contributed by atoms with Crippen LogP contribution in [-0.2, 0) is 20.7 Å². The maximum absolute atomic E-state index is 12.0. The largest absolute Gasteiger partial charge is 0.469 e. The first-order valence-electron chi connectivity index (χ1n) is 6.96. The van der Waals surface area contributed by atoms with Crippen LogP contribution in [0.1, 0.15) is 32.4 Å². The van der Waals surface area contributed by atoms with Crippen LogP contribution in [-0.4, -0.2) is 45.8 Å². The molecule has 0 aliphatic heterocycles. The maximum atomic E-state index is 12.0. The van der Waals surface area contributed by atoms with E-state index in [4.69, 9.17) is 5.11 Å². The van der Waals surface area contributed by atoms with Gasteiger partial charge in [0.15, 0.2) is 0 Å². The van der Waals surface area contributed by atoms with Crippen LogP contribution < -0.4 is 5.32 Å². The van der Waals surface area contributed by atoms with E-state index in [1.165, 1.54) is 19.6 Å². The van der Waals surface area contributed by atoms with Crippen LogP contribution in [0.15, 0.2) is 12.5 Å². The van der Waals surface area contributed by atoms with Crippen molar-refractivity contribution in [2.45, 2.75) is 39.2 Å². The first-order valence-corrected chi connectivity index (χ1v) is 6.96. The minimum atomic E-state index is -1.10. The third kappa shape index (κ3) is 5.55. The Morgan fingerprint density at radius 1 is 1.41 bits per heavy atom. The first kappa shape index (κ1) is 17.7. The normalized spacial score (nSPS) is 13.2. The molecule has 0 aromatic carbocycles. The smallest absolute Gasteiger partial charge is 0.416 e. The van der Waals surface area contributed by atoms with Crippen LogP contribution in [0.5, 0.6) is 0 Å². The highest BCUT2D eigenvalue weighted by Gasteiger charge is 2.17. The maximum Gasteiger partial charge on any atom is 0.416 e. The molecule has 122 valence electrons. The molecule has 1 aromatic rings. The van der Waals surface area contributed by atoms with Gasteiger partial charge in [-0.2, -0.15) is 0 Å². The summed E-state index contributed by atoms with van der Waals surface area (Å²) in [5.41, 5.74) is 0.581. The van der Waals surface area contributed by atoms with Gasteiger partial charge in [0.05, 0.1) is 12.8 Å². The summed E-state index contributed by atoms with van der Waals surface area (Å²) in [6.45, 7) is 3.55. The van der Waals surface area contributed by atoms with Gasteiger partial charge in [0.1, 0.15) is 6.33 Å². The molecule has 0 aliphatic carbocycles. The van der Waals surface area contributed by atoms with Gasteiger partial charge in [-0.3, -0.25) is 9.59 Å². The van der Waals surface area contributed by atoms with Crippen molar-refractivity contribution in [2.24, 2.45) is 5.92 Å². The van der Waals surface area contributed by atoms with Crippen LogP contribution in [0, 0.1) is 5.92 Å². The lowest BCUT2D eigenvalue weighted by Crippen LogP contribution is -2.37. The number of hydrogen-bond donors (Lipinski definition) is 2. The average Bonchev–Trinajstić information content (AvgIpc) is 2.92. The van der Waals surface area contributed by atoms with Crippen LogP contribution >= 0.6 is 0 Å². The molecule has 1 amide bonds. The van der Waals surface area contributed by atoms with Crippen molar-refractivity contribution < 1.29 is 24.2 Å². The highest BCUT2D eigenvalue weighted by atomic mass is 16.5. The van der Waals surface area contributed by atoms with Crippen LogP contribution in [0.2, 0.25) is 0 Å². The van der Waals surface area contributed by atoms with Crippen molar-refractivity contribution >= 4 is 18.0 Å². The van der Waals surface area contributed by atoms with E-state index >= 15 is 0 Å². The Morgan fingerprint density at radius 3 is 2.64 bits per heavy atom. The van der Waals surface area contributed by atoms with Gasteiger partial charge < -0.3 is 15.2 Å². The number of aromatic nitrogens is 2. The zero-order valence-corrected chi connectivity index (χ0v) is 12.9. The molecule has 0 aliphatic rings. The summed E-state index contributed by atoms with van der Waals surface area (Å²) in [5, 5.41) is 11.6. The molecule has 1 unspecified atom stereocenters. The molecule has 8 heteroatoms. The predicted molar refractivity (Wildman–Crippen MR) is 77.4 cm³/mol. The number of nitrogens with zero attached hydrogens (tertiary/aromatic N) is 2. The van der Waals surface area contributed by atoms with Gasteiger partial charge in [-0.05, 0) is 13.3 Å². The summed E-state index contributed by atoms with van der Waals surface area (Å²) in [6, 6.07) is -0.190. The molecule has 1 heterocycles. The average molecular weight is 311 g/mol. The second-order valence-electron chi connectivity index (χ2n) is 5.18. The summed E-state index contributed by atoms with van der Waals surface area (Å²) in [6.07, 6.45) is 2.56. The number of carboxylic acid groups (broad SMARTS) is 1. The summed E-state index contributed by atoms with van der Waals surface area (Å²) >= 11 is 0. The van der Waals surface area contributed by atoms with E-state index in [1.54, 1.807) is 6.92 Å². The minimum absolute atomic E-state index is 0.158. The van der Waals surface area contributed by atoms with E-state index in [0.717, 1.165) is 4.57 Å². The summed E-state index contributed by atoms with van der Waals surface area (Å²) in [7, 11) is 1.31. The number of carbonyl (C=O) groups is 3. The summed E-state index contributed by atoms with van der Waals surface area (Å²) in [5.74, 6) is -0.806. The molecule has 8 nitrogen and oxygen atoms in total. The first-order chi connectivity index (χ1) is 10.3. The minimum Gasteiger partial charge on any atom is -0.469 e. The monoisotopic (exact) mass is 311 g/mol. The van der Waals surface area contributed by atoms with Crippen LogP contribution in [0.4, 0.5) is 4.79 Å². The third-order valence-corrected chi connectivity index (χ3v) is 3.22. The van der Waals surface area contributed by atoms with Gasteiger partial charge in [-0.15, -0.1) is 0 Å². The fraction of sp³-hybridized carbons (Fsp3) is 0.571. The fourth-order valence-electron chi connectivity index (χ4n) is 1.89. The lowest BCUT2D eigenvalue weighted by molar-refractivity contribution is -0.141. The molecule has 0 bridgehead atoms. The van der Waals surface area contributed by atoms with Crippen molar-refractivity contribution in [3.05, 3.63) is 18.2 Å². The number of rotatable bonds is 7. The number of nitrogens with one attached hydrogen (secondary N) is 1. The Labute approximate surface area is 128 Å².